The van der Waals surface area contributed by atoms with E-state index in [1.54, 1.807) is 6.08 Å². The van der Waals surface area contributed by atoms with Crippen LogP contribution in [0.3, 0.4) is 0 Å². The van der Waals surface area contributed by atoms with Crippen LogP contribution in [0.4, 0.5) is 0 Å². The van der Waals surface area contributed by atoms with Crippen molar-refractivity contribution in [2.45, 2.75) is 379 Å². The third-order valence-electron chi connectivity index (χ3n) is 15.7. The number of carbonyl (C=O) groups is 2. The maximum Gasteiger partial charge on any atom is 0.305 e. The summed E-state index contributed by atoms with van der Waals surface area (Å²) in [7, 11) is 0. The minimum Gasteiger partial charge on any atom is -0.466 e. The number of ether oxygens (including phenoxy) is 1. The lowest BCUT2D eigenvalue weighted by atomic mass is 10.0. The van der Waals surface area contributed by atoms with E-state index in [1.807, 2.05) is 6.08 Å². The first-order valence-electron chi connectivity index (χ1n) is 33.8. The summed E-state index contributed by atoms with van der Waals surface area (Å²) >= 11 is 0. The maximum atomic E-state index is 12.4. The largest absolute Gasteiger partial charge is 0.466 e. The molecule has 0 heterocycles. The van der Waals surface area contributed by atoms with E-state index in [0.29, 0.717) is 19.4 Å². The molecule has 0 aliphatic rings. The van der Waals surface area contributed by atoms with Gasteiger partial charge in [-0.15, -0.1) is 0 Å². The maximum absolute atomic E-state index is 12.4. The Morgan fingerprint density at radius 2 is 0.667 bits per heavy atom. The molecule has 0 aromatic carbocycles. The normalized spacial score (nSPS) is 12.7. The van der Waals surface area contributed by atoms with Gasteiger partial charge >= 0.3 is 5.97 Å². The van der Waals surface area contributed by atoms with Crippen LogP contribution in [-0.2, 0) is 14.3 Å². The number of allylic oxidation sites excluding steroid dienone is 5. The number of carbonyl (C=O) groups excluding carboxylic acids is 2. The first-order chi connectivity index (χ1) is 37.0. The van der Waals surface area contributed by atoms with Gasteiger partial charge in [-0.1, -0.05) is 326 Å². The summed E-state index contributed by atoms with van der Waals surface area (Å²) in [5.74, 6) is -0.0569. The molecule has 0 aliphatic carbocycles. The fourth-order valence-corrected chi connectivity index (χ4v) is 10.5. The molecule has 442 valence electrons. The van der Waals surface area contributed by atoms with Crippen LogP contribution >= 0.6 is 0 Å². The Kier molecular flexibility index (Phi) is 63.0. The lowest BCUT2D eigenvalue weighted by Crippen LogP contribution is -2.45. The molecule has 0 fully saturated rings. The highest BCUT2D eigenvalue weighted by Crippen LogP contribution is 2.18. The first kappa shape index (κ1) is 73.1. The summed E-state index contributed by atoms with van der Waals surface area (Å²) in [5, 5.41) is 23.0. The Bertz CT molecular complexity index is 1210. The highest BCUT2D eigenvalue weighted by molar-refractivity contribution is 5.76. The molecule has 2 unspecified atom stereocenters. The van der Waals surface area contributed by atoms with Crippen LogP contribution in [0.15, 0.2) is 36.5 Å². The zero-order valence-electron chi connectivity index (χ0n) is 50.5. The van der Waals surface area contributed by atoms with Crippen LogP contribution < -0.4 is 5.32 Å². The number of esters is 1. The van der Waals surface area contributed by atoms with Crippen molar-refractivity contribution in [3.05, 3.63) is 36.5 Å². The SMILES string of the molecule is CCCCCC/C=C\C/C=C\CCCCCCCC(=O)OCCCCCCCCCCCCCCCCCCCCCCCCCCCCCCCCCCC(=O)NC(CO)C(O)/C=C/CCCCCCCCCC. The molecular weight excluding hydrogens is 923 g/mol. The van der Waals surface area contributed by atoms with Gasteiger partial charge in [-0.05, 0) is 64.2 Å². The smallest absolute Gasteiger partial charge is 0.305 e. The van der Waals surface area contributed by atoms with Crippen molar-refractivity contribution in [2.75, 3.05) is 13.2 Å². The second-order valence-corrected chi connectivity index (χ2v) is 23.2. The van der Waals surface area contributed by atoms with Crippen LogP contribution in [0, 0.1) is 0 Å². The molecule has 0 bridgehead atoms. The van der Waals surface area contributed by atoms with Crippen molar-refractivity contribution >= 4 is 11.9 Å². The number of amides is 1. The highest BCUT2D eigenvalue weighted by Gasteiger charge is 2.18. The molecule has 0 aromatic heterocycles. The van der Waals surface area contributed by atoms with Crippen LogP contribution in [0.25, 0.3) is 0 Å². The molecule has 2 atom stereocenters. The zero-order valence-corrected chi connectivity index (χ0v) is 50.5. The fraction of sp³-hybridized carbons (Fsp3) is 0.884. The second kappa shape index (κ2) is 64.6. The van der Waals surface area contributed by atoms with Crippen molar-refractivity contribution in [1.29, 1.82) is 0 Å². The average molecular weight is 1050 g/mol. The third kappa shape index (κ3) is 61.2. The van der Waals surface area contributed by atoms with Crippen molar-refractivity contribution in [3.63, 3.8) is 0 Å². The number of aliphatic hydroxyl groups excluding tert-OH is 2. The Hall–Kier alpha value is -1.92. The van der Waals surface area contributed by atoms with E-state index in [2.05, 4.69) is 43.5 Å². The van der Waals surface area contributed by atoms with Crippen LogP contribution in [-0.4, -0.2) is 47.4 Å². The Morgan fingerprint density at radius 3 is 1.03 bits per heavy atom. The molecule has 0 radical (unpaired) electrons. The van der Waals surface area contributed by atoms with E-state index in [-0.39, 0.29) is 18.5 Å². The molecule has 0 aliphatic heterocycles. The van der Waals surface area contributed by atoms with E-state index in [1.165, 1.54) is 289 Å². The van der Waals surface area contributed by atoms with E-state index in [4.69, 9.17) is 4.74 Å². The summed E-state index contributed by atoms with van der Waals surface area (Å²) in [6, 6.07) is -0.622. The lowest BCUT2D eigenvalue weighted by molar-refractivity contribution is -0.143. The fourth-order valence-electron chi connectivity index (χ4n) is 10.5. The number of hydrogen-bond donors (Lipinski definition) is 3. The molecule has 0 saturated carbocycles. The van der Waals surface area contributed by atoms with Crippen molar-refractivity contribution in [2.24, 2.45) is 0 Å². The number of unbranched alkanes of at least 4 members (excludes halogenated alkanes) is 48. The van der Waals surface area contributed by atoms with E-state index in [9.17, 15) is 19.8 Å². The Labute approximate surface area is 468 Å². The molecule has 3 N–H and O–H groups in total. The number of nitrogens with one attached hydrogen (secondary N) is 1. The summed E-state index contributed by atoms with van der Waals surface area (Å²) < 4.78 is 5.49. The van der Waals surface area contributed by atoms with Gasteiger partial charge in [-0.25, -0.2) is 0 Å². The predicted molar refractivity (Wildman–Crippen MR) is 329 cm³/mol. The van der Waals surface area contributed by atoms with E-state index in [0.717, 1.165) is 51.4 Å². The zero-order chi connectivity index (χ0) is 54.3. The van der Waals surface area contributed by atoms with Crippen LogP contribution in [0.5, 0.6) is 0 Å². The van der Waals surface area contributed by atoms with Gasteiger partial charge in [0.15, 0.2) is 0 Å². The van der Waals surface area contributed by atoms with Gasteiger partial charge in [-0.3, -0.25) is 9.59 Å². The van der Waals surface area contributed by atoms with Crippen molar-refractivity contribution in [1.82, 2.24) is 5.32 Å². The van der Waals surface area contributed by atoms with Gasteiger partial charge in [0.2, 0.25) is 5.91 Å². The molecule has 0 rings (SSSR count). The number of aliphatic hydroxyl groups is 2. The van der Waals surface area contributed by atoms with Crippen molar-refractivity contribution in [3.8, 4) is 0 Å². The van der Waals surface area contributed by atoms with Gasteiger partial charge in [-0.2, -0.15) is 0 Å². The van der Waals surface area contributed by atoms with Crippen LogP contribution in [0.2, 0.25) is 0 Å². The third-order valence-corrected chi connectivity index (χ3v) is 15.7. The summed E-state index contributed by atoms with van der Waals surface area (Å²) in [4.78, 5) is 24.5. The van der Waals surface area contributed by atoms with E-state index >= 15 is 0 Å². The van der Waals surface area contributed by atoms with Gasteiger partial charge in [0.05, 0.1) is 25.4 Å². The van der Waals surface area contributed by atoms with E-state index < -0.39 is 12.1 Å². The Morgan fingerprint density at radius 1 is 0.373 bits per heavy atom. The van der Waals surface area contributed by atoms with Gasteiger partial charge in [0.1, 0.15) is 0 Å². The number of rotatable bonds is 63. The molecular formula is C69H131NO5. The molecule has 0 saturated heterocycles. The monoisotopic (exact) mass is 1050 g/mol. The minimum atomic E-state index is -0.839. The molecule has 0 aromatic rings. The first-order valence-corrected chi connectivity index (χ1v) is 33.8. The summed E-state index contributed by atoms with van der Waals surface area (Å²) in [5.41, 5.74) is 0. The highest BCUT2D eigenvalue weighted by atomic mass is 16.5. The topological polar surface area (TPSA) is 95.9 Å². The Balaban J connectivity index is 3.31. The lowest BCUT2D eigenvalue weighted by Gasteiger charge is -2.20. The molecule has 6 nitrogen and oxygen atoms in total. The standard InChI is InChI=1S/C69H131NO5/c1-3-5-7-9-11-13-15-16-17-37-40-43-47-51-55-59-63-69(74)75-64-60-56-52-48-44-41-38-35-33-31-29-27-25-23-21-19-18-20-22-24-26-28-30-32-34-36-39-42-46-50-54-58-62-68(73)70-66(65-71)67(72)61-57-53-49-45-14-12-10-8-6-4-2/h13,15,17,37,57,61,66-67,71-72H,3-12,14,16,18-36,38-56,58-60,62-65H2,1-2H3,(H,70,73)/b15-13-,37-17-,61-57+. The van der Waals surface area contributed by atoms with Gasteiger partial charge in [0, 0.05) is 12.8 Å². The molecule has 0 spiro atoms. The predicted octanol–water partition coefficient (Wildman–Crippen LogP) is 21.5. The molecule has 6 heteroatoms. The van der Waals surface area contributed by atoms with Crippen LogP contribution in [0.1, 0.15) is 367 Å². The average Bonchev–Trinajstić information content (AvgIpc) is 3.41. The molecule has 1 amide bonds. The summed E-state index contributed by atoms with van der Waals surface area (Å²) in [6.45, 7) is 4.88. The minimum absolute atomic E-state index is 0.00749. The second-order valence-electron chi connectivity index (χ2n) is 23.2. The number of hydrogen-bond acceptors (Lipinski definition) is 5. The van der Waals surface area contributed by atoms with Gasteiger partial charge < -0.3 is 20.3 Å². The summed E-state index contributed by atoms with van der Waals surface area (Å²) in [6.07, 6.45) is 82.3. The van der Waals surface area contributed by atoms with Crippen molar-refractivity contribution < 1.29 is 24.5 Å². The quantitative estimate of drug-likeness (QED) is 0.0320. The van der Waals surface area contributed by atoms with Gasteiger partial charge in [0.25, 0.3) is 0 Å². The molecule has 75 heavy (non-hydrogen) atoms.